The van der Waals surface area contributed by atoms with E-state index in [4.69, 9.17) is 23.2 Å². The van der Waals surface area contributed by atoms with Gasteiger partial charge in [-0.05, 0) is 65.3 Å². The summed E-state index contributed by atoms with van der Waals surface area (Å²) in [5, 5.41) is 3.93. The zero-order chi connectivity index (χ0) is 15.2. The van der Waals surface area contributed by atoms with Crippen molar-refractivity contribution in [2.75, 3.05) is 0 Å². The van der Waals surface area contributed by atoms with E-state index in [1.165, 1.54) is 7.76 Å². The Hall–Kier alpha value is -0.300. The first-order valence-electron chi connectivity index (χ1n) is 6.49. The second-order valence-electron chi connectivity index (χ2n) is 4.58. The first-order chi connectivity index (χ1) is 10.0. The third-order valence-corrected chi connectivity index (χ3v) is 5.62. The lowest BCUT2D eigenvalue weighted by molar-refractivity contribution is -0.121. The van der Waals surface area contributed by atoms with E-state index in [2.05, 4.69) is 40.0 Å². The van der Waals surface area contributed by atoms with Crippen LogP contribution >= 0.6 is 57.1 Å². The van der Waals surface area contributed by atoms with Crippen molar-refractivity contribution >= 4 is 63.0 Å². The van der Waals surface area contributed by atoms with E-state index < -0.39 is 0 Å². The molecule has 0 aliphatic rings. The Morgan fingerprint density at radius 3 is 2.67 bits per heavy atom. The number of amides is 1. The summed E-state index contributed by atoms with van der Waals surface area (Å²) in [7, 11) is 0. The van der Waals surface area contributed by atoms with Crippen LogP contribution in [-0.4, -0.2) is 5.91 Å². The molecule has 2 rings (SSSR count). The van der Waals surface area contributed by atoms with Crippen molar-refractivity contribution in [3.05, 3.63) is 53.7 Å². The standard InChI is InChI=1S/C15H14Cl2INOS/c16-12-6-4-10(8-13(12)17)9-19-15(20)3-1-2-11-5-7-14(18)21-11/h4-8H,1-3,9H2,(H,19,20). The lowest BCUT2D eigenvalue weighted by Crippen LogP contribution is -2.22. The maximum atomic E-state index is 11.8. The topological polar surface area (TPSA) is 29.1 Å². The smallest absolute Gasteiger partial charge is 0.220 e. The lowest BCUT2D eigenvalue weighted by Gasteiger charge is -2.06. The van der Waals surface area contributed by atoms with Crippen LogP contribution in [0, 0.1) is 2.88 Å². The Kier molecular flexibility index (Phi) is 6.79. The second kappa shape index (κ2) is 8.36. The van der Waals surface area contributed by atoms with Crippen molar-refractivity contribution in [1.29, 1.82) is 0 Å². The predicted molar refractivity (Wildman–Crippen MR) is 98.3 cm³/mol. The van der Waals surface area contributed by atoms with Gasteiger partial charge in [0.25, 0.3) is 0 Å². The van der Waals surface area contributed by atoms with Crippen molar-refractivity contribution in [2.45, 2.75) is 25.8 Å². The molecular weight excluding hydrogens is 440 g/mol. The molecule has 6 heteroatoms. The number of thiophene rings is 1. The van der Waals surface area contributed by atoms with Gasteiger partial charge in [-0.1, -0.05) is 29.3 Å². The normalized spacial score (nSPS) is 10.6. The molecule has 1 aromatic carbocycles. The molecule has 0 aliphatic carbocycles. The number of hydrogen-bond acceptors (Lipinski definition) is 2. The highest BCUT2D eigenvalue weighted by molar-refractivity contribution is 14.1. The maximum absolute atomic E-state index is 11.8. The molecule has 0 spiro atoms. The zero-order valence-corrected chi connectivity index (χ0v) is 15.7. The molecule has 0 saturated heterocycles. The number of nitrogens with one attached hydrogen (secondary N) is 1. The van der Waals surface area contributed by atoms with E-state index >= 15 is 0 Å². The first-order valence-corrected chi connectivity index (χ1v) is 9.14. The van der Waals surface area contributed by atoms with Crippen molar-refractivity contribution < 1.29 is 4.79 Å². The minimum atomic E-state index is 0.0623. The van der Waals surface area contributed by atoms with Crippen LogP contribution in [0.5, 0.6) is 0 Å². The lowest BCUT2D eigenvalue weighted by atomic mass is 10.2. The molecule has 0 bridgehead atoms. The van der Waals surface area contributed by atoms with Crippen LogP contribution in [0.15, 0.2) is 30.3 Å². The number of aryl methyl sites for hydroxylation is 1. The molecule has 0 aliphatic heterocycles. The summed E-state index contributed by atoms with van der Waals surface area (Å²) in [6, 6.07) is 9.61. The number of halogens is 3. The number of rotatable bonds is 6. The number of benzene rings is 1. The predicted octanol–water partition coefficient (Wildman–Crippen LogP) is 5.30. The molecule has 112 valence electrons. The molecule has 2 aromatic rings. The van der Waals surface area contributed by atoms with Crippen LogP contribution in [-0.2, 0) is 17.8 Å². The summed E-state index contributed by atoms with van der Waals surface area (Å²) in [6.07, 6.45) is 2.35. The highest BCUT2D eigenvalue weighted by atomic mass is 127. The average molecular weight is 454 g/mol. The van der Waals surface area contributed by atoms with Gasteiger partial charge < -0.3 is 5.32 Å². The zero-order valence-electron chi connectivity index (χ0n) is 11.2. The van der Waals surface area contributed by atoms with E-state index in [9.17, 15) is 4.79 Å². The van der Waals surface area contributed by atoms with Gasteiger partial charge in [-0.3, -0.25) is 4.79 Å². The van der Waals surface area contributed by atoms with E-state index in [0.717, 1.165) is 18.4 Å². The largest absolute Gasteiger partial charge is 0.352 e. The van der Waals surface area contributed by atoms with Gasteiger partial charge in [0.1, 0.15) is 0 Å². The highest BCUT2D eigenvalue weighted by Crippen LogP contribution is 2.22. The molecular formula is C15H14Cl2INOS. The van der Waals surface area contributed by atoms with Gasteiger partial charge in [0.15, 0.2) is 0 Å². The molecule has 2 nitrogen and oxygen atoms in total. The number of carbonyl (C=O) groups excluding carboxylic acids is 1. The molecule has 0 unspecified atom stereocenters. The van der Waals surface area contributed by atoms with Gasteiger partial charge in [-0.2, -0.15) is 0 Å². The van der Waals surface area contributed by atoms with Crippen molar-refractivity contribution in [3.8, 4) is 0 Å². The number of hydrogen-bond donors (Lipinski definition) is 1. The van der Waals surface area contributed by atoms with Gasteiger partial charge in [-0.15, -0.1) is 11.3 Å². The molecule has 0 fully saturated rings. The van der Waals surface area contributed by atoms with Crippen molar-refractivity contribution in [2.24, 2.45) is 0 Å². The van der Waals surface area contributed by atoms with E-state index in [1.54, 1.807) is 23.5 Å². The van der Waals surface area contributed by atoms with Gasteiger partial charge >= 0.3 is 0 Å². The highest BCUT2D eigenvalue weighted by Gasteiger charge is 2.04. The fourth-order valence-corrected chi connectivity index (χ4v) is 3.97. The van der Waals surface area contributed by atoms with Crippen molar-refractivity contribution in [1.82, 2.24) is 5.32 Å². The van der Waals surface area contributed by atoms with Crippen molar-refractivity contribution in [3.63, 3.8) is 0 Å². The monoisotopic (exact) mass is 453 g/mol. The molecule has 1 aromatic heterocycles. The van der Waals surface area contributed by atoms with Gasteiger partial charge in [0.2, 0.25) is 5.91 Å². The Morgan fingerprint density at radius 2 is 2.00 bits per heavy atom. The summed E-state index contributed by atoms with van der Waals surface area (Å²) < 4.78 is 1.28. The summed E-state index contributed by atoms with van der Waals surface area (Å²) in [5.41, 5.74) is 0.950. The first kappa shape index (κ1) is 17.1. The summed E-state index contributed by atoms with van der Waals surface area (Å²) in [4.78, 5) is 13.1. The van der Waals surface area contributed by atoms with Crippen LogP contribution in [0.4, 0.5) is 0 Å². The molecule has 0 radical (unpaired) electrons. The Balaban J connectivity index is 1.70. The summed E-state index contributed by atoms with van der Waals surface area (Å²) >= 11 is 15.9. The molecule has 0 atom stereocenters. The SMILES string of the molecule is O=C(CCCc1ccc(I)s1)NCc1ccc(Cl)c(Cl)c1. The number of carbonyl (C=O) groups is 1. The van der Waals surface area contributed by atoms with Gasteiger partial charge in [-0.25, -0.2) is 0 Å². The van der Waals surface area contributed by atoms with Crippen LogP contribution < -0.4 is 5.32 Å². The van der Waals surface area contributed by atoms with Crippen LogP contribution in [0.3, 0.4) is 0 Å². The summed E-state index contributed by atoms with van der Waals surface area (Å²) in [5.74, 6) is 0.0623. The van der Waals surface area contributed by atoms with Gasteiger partial charge in [0.05, 0.1) is 12.9 Å². The fraction of sp³-hybridized carbons (Fsp3) is 0.267. The van der Waals surface area contributed by atoms with Crippen LogP contribution in [0.1, 0.15) is 23.3 Å². The second-order valence-corrected chi connectivity index (χ2v) is 8.46. The minimum Gasteiger partial charge on any atom is -0.352 e. The van der Waals surface area contributed by atoms with E-state index in [0.29, 0.717) is 23.0 Å². The fourth-order valence-electron chi connectivity index (χ4n) is 1.85. The third-order valence-electron chi connectivity index (χ3n) is 2.93. The third kappa shape index (κ3) is 5.77. The molecule has 1 N–H and O–H groups in total. The molecule has 21 heavy (non-hydrogen) atoms. The Bertz CT molecular complexity index is 630. The molecule has 1 amide bonds. The average Bonchev–Trinajstić information content (AvgIpc) is 2.86. The van der Waals surface area contributed by atoms with Crippen LogP contribution in [0.25, 0.3) is 0 Å². The summed E-state index contributed by atoms with van der Waals surface area (Å²) in [6.45, 7) is 0.479. The maximum Gasteiger partial charge on any atom is 0.220 e. The van der Waals surface area contributed by atoms with Crippen LogP contribution in [0.2, 0.25) is 10.0 Å². The Labute approximate surface area is 152 Å². The Morgan fingerprint density at radius 1 is 1.19 bits per heavy atom. The molecule has 1 heterocycles. The van der Waals surface area contributed by atoms with E-state index in [-0.39, 0.29) is 5.91 Å². The van der Waals surface area contributed by atoms with Gasteiger partial charge in [0, 0.05) is 17.8 Å². The van der Waals surface area contributed by atoms with E-state index in [1.807, 2.05) is 6.07 Å². The molecule has 0 saturated carbocycles. The minimum absolute atomic E-state index is 0.0623. The quantitative estimate of drug-likeness (QED) is 0.591.